The van der Waals surface area contributed by atoms with Crippen LogP contribution in [0.1, 0.15) is 23.1 Å². The van der Waals surface area contributed by atoms with Gasteiger partial charge in [-0.1, -0.05) is 12.1 Å². The Balaban J connectivity index is 1.78. The highest BCUT2D eigenvalue weighted by Crippen LogP contribution is 2.39. The van der Waals surface area contributed by atoms with Gasteiger partial charge in [0.05, 0.1) is 38.1 Å². The van der Waals surface area contributed by atoms with Crippen LogP contribution < -0.4 is 14.2 Å². The number of hydrogen-bond acceptors (Lipinski definition) is 9. The minimum Gasteiger partial charge on any atom is -0.496 e. The molecule has 0 aliphatic carbocycles. The first-order valence-electron chi connectivity index (χ1n) is 9.35. The number of nitrogens with zero attached hydrogens (tertiary/aromatic N) is 1. The minimum absolute atomic E-state index is 0.0835. The highest BCUT2D eigenvalue weighted by Gasteiger charge is 2.27. The van der Waals surface area contributed by atoms with E-state index in [9.17, 15) is 18.6 Å². The van der Waals surface area contributed by atoms with Crippen molar-refractivity contribution in [3.8, 4) is 11.5 Å². The molecular weight excluding hydrogens is 440 g/mol. The number of fused-ring (bicyclic) bond motifs is 1. The molecule has 1 atom stereocenters. The first-order chi connectivity index (χ1) is 15.4. The molecule has 2 aromatic heterocycles. The number of rotatable bonds is 8. The van der Waals surface area contributed by atoms with E-state index in [1.807, 2.05) is 0 Å². The summed E-state index contributed by atoms with van der Waals surface area (Å²) in [6, 6.07) is 7.62. The second-order valence-corrected chi connectivity index (χ2v) is 8.35. The highest BCUT2D eigenvalue weighted by atomic mass is 32.2. The van der Waals surface area contributed by atoms with Gasteiger partial charge in [-0.2, -0.15) is 0 Å². The first kappa shape index (κ1) is 21.7. The van der Waals surface area contributed by atoms with Gasteiger partial charge in [-0.05, 0) is 23.8 Å². The molecule has 4 rings (SSSR count). The maximum atomic E-state index is 13.2. The maximum absolute atomic E-state index is 13.2. The molecule has 0 fully saturated rings. The number of hydrogen-bond donors (Lipinski definition) is 3. The Morgan fingerprint density at radius 3 is 2.59 bits per heavy atom. The van der Waals surface area contributed by atoms with Gasteiger partial charge in [0.1, 0.15) is 34.5 Å². The smallest absolute Gasteiger partial charge is 0.266 e. The monoisotopic (exact) mass is 460 g/mol. The van der Waals surface area contributed by atoms with Crippen LogP contribution in [-0.4, -0.2) is 37.8 Å². The van der Waals surface area contributed by atoms with Crippen LogP contribution in [0.5, 0.6) is 11.5 Å². The standard InChI is InChI=1S/C21H20N2O8S/c1-28-15-5-3-4-12(10-24)20(15)32(26,27)23-14-11-31-17-9-13(8-16(29-2)18(14)17)19(25)21-22-6-7-30-21/h3-9,11,19,23-25H,10H2,1-2H3. The molecule has 0 amide bonds. The number of nitrogens with one attached hydrogen (secondary N) is 1. The van der Waals surface area contributed by atoms with Crippen LogP contribution in [0.15, 0.2) is 62.8 Å². The van der Waals surface area contributed by atoms with Crippen molar-refractivity contribution in [3.05, 3.63) is 66.1 Å². The second kappa shape index (κ2) is 8.54. The Hall–Kier alpha value is -3.54. The fraction of sp³-hybridized carbons (Fsp3) is 0.190. The van der Waals surface area contributed by atoms with Crippen LogP contribution in [0, 0.1) is 0 Å². The van der Waals surface area contributed by atoms with Crippen molar-refractivity contribution in [2.45, 2.75) is 17.6 Å². The van der Waals surface area contributed by atoms with E-state index in [4.69, 9.17) is 18.3 Å². The molecule has 2 heterocycles. The number of anilines is 1. The Bertz CT molecular complexity index is 1320. The molecule has 2 aromatic carbocycles. The zero-order valence-electron chi connectivity index (χ0n) is 17.1. The Morgan fingerprint density at radius 1 is 1.16 bits per heavy atom. The summed E-state index contributed by atoms with van der Waals surface area (Å²) in [6.07, 6.45) is 2.80. The molecule has 168 valence electrons. The summed E-state index contributed by atoms with van der Waals surface area (Å²) in [5.41, 5.74) is 0.940. The average Bonchev–Trinajstić information content (AvgIpc) is 3.47. The molecule has 11 heteroatoms. The van der Waals surface area contributed by atoms with Gasteiger partial charge >= 0.3 is 0 Å². The summed E-state index contributed by atoms with van der Waals surface area (Å²) in [6.45, 7) is -0.495. The molecule has 4 aromatic rings. The number of methoxy groups -OCH3 is 2. The largest absolute Gasteiger partial charge is 0.496 e. The van der Waals surface area contributed by atoms with Gasteiger partial charge in [0.2, 0.25) is 5.89 Å². The summed E-state index contributed by atoms with van der Waals surface area (Å²) in [5, 5.41) is 20.5. The third-order valence-corrected chi connectivity index (χ3v) is 6.34. The lowest BCUT2D eigenvalue weighted by Crippen LogP contribution is -2.16. The van der Waals surface area contributed by atoms with Gasteiger partial charge < -0.3 is 28.5 Å². The molecule has 0 saturated heterocycles. The van der Waals surface area contributed by atoms with Gasteiger partial charge in [0.25, 0.3) is 10.0 Å². The van der Waals surface area contributed by atoms with Crippen molar-refractivity contribution in [1.29, 1.82) is 0 Å². The van der Waals surface area contributed by atoms with E-state index >= 15 is 0 Å². The van der Waals surface area contributed by atoms with Gasteiger partial charge in [-0.15, -0.1) is 0 Å². The van der Waals surface area contributed by atoms with E-state index in [1.165, 1.54) is 57.2 Å². The topological polar surface area (TPSA) is 144 Å². The third-order valence-electron chi connectivity index (χ3n) is 4.85. The Kier molecular flexibility index (Phi) is 5.78. The molecule has 0 radical (unpaired) electrons. The number of aliphatic hydroxyl groups is 2. The van der Waals surface area contributed by atoms with E-state index in [1.54, 1.807) is 6.07 Å². The van der Waals surface area contributed by atoms with Crippen molar-refractivity contribution in [2.75, 3.05) is 18.9 Å². The lowest BCUT2D eigenvalue weighted by atomic mass is 10.1. The van der Waals surface area contributed by atoms with E-state index in [0.717, 1.165) is 0 Å². The van der Waals surface area contributed by atoms with E-state index in [0.29, 0.717) is 10.9 Å². The number of oxazole rings is 1. The van der Waals surface area contributed by atoms with Gasteiger partial charge in [-0.3, -0.25) is 4.72 Å². The Labute approximate surface area is 183 Å². The highest BCUT2D eigenvalue weighted by molar-refractivity contribution is 7.93. The van der Waals surface area contributed by atoms with Gasteiger partial charge in [0.15, 0.2) is 6.10 Å². The van der Waals surface area contributed by atoms with Crippen LogP contribution in [0.25, 0.3) is 11.0 Å². The number of ether oxygens (including phenoxy) is 2. The van der Waals surface area contributed by atoms with Gasteiger partial charge in [0, 0.05) is 5.56 Å². The number of aliphatic hydroxyl groups excluding tert-OH is 2. The predicted octanol–water partition coefficient (Wildman–Crippen LogP) is 2.81. The molecule has 32 heavy (non-hydrogen) atoms. The van der Waals surface area contributed by atoms with Gasteiger partial charge in [-0.25, -0.2) is 13.4 Å². The summed E-state index contributed by atoms with van der Waals surface area (Å²) in [5.74, 6) is 0.434. The third kappa shape index (κ3) is 3.77. The molecule has 1 unspecified atom stereocenters. The summed E-state index contributed by atoms with van der Waals surface area (Å²) >= 11 is 0. The minimum atomic E-state index is -4.17. The fourth-order valence-electron chi connectivity index (χ4n) is 3.40. The normalized spacial score (nSPS) is 12.6. The maximum Gasteiger partial charge on any atom is 0.266 e. The summed E-state index contributed by atoms with van der Waals surface area (Å²) < 4.78 is 50.1. The van der Waals surface area contributed by atoms with Crippen molar-refractivity contribution in [1.82, 2.24) is 4.98 Å². The van der Waals surface area contributed by atoms with Crippen molar-refractivity contribution < 1.29 is 36.9 Å². The van der Waals surface area contributed by atoms with Crippen LogP contribution in [0.3, 0.4) is 0 Å². The Morgan fingerprint density at radius 2 is 1.94 bits per heavy atom. The number of furan rings is 1. The quantitative estimate of drug-likeness (QED) is 0.361. The molecule has 0 aliphatic heterocycles. The molecular formula is C21H20N2O8S. The molecule has 0 aliphatic rings. The number of aromatic nitrogens is 1. The first-order valence-corrected chi connectivity index (χ1v) is 10.8. The summed E-state index contributed by atoms with van der Waals surface area (Å²) in [4.78, 5) is 3.75. The van der Waals surface area contributed by atoms with E-state index in [-0.39, 0.29) is 39.1 Å². The lowest BCUT2D eigenvalue weighted by Gasteiger charge is -2.15. The number of benzene rings is 2. The molecule has 0 bridgehead atoms. The van der Waals surface area contributed by atoms with Crippen LogP contribution in [0.2, 0.25) is 0 Å². The SMILES string of the molecule is COc1cccc(CO)c1S(=O)(=O)Nc1coc2cc(C(O)c3ncco3)cc(OC)c12. The molecule has 3 N–H and O–H groups in total. The molecule has 0 saturated carbocycles. The van der Waals surface area contributed by atoms with Crippen molar-refractivity contribution in [3.63, 3.8) is 0 Å². The van der Waals surface area contributed by atoms with Crippen molar-refractivity contribution in [2.24, 2.45) is 0 Å². The van der Waals surface area contributed by atoms with Crippen LogP contribution in [0.4, 0.5) is 5.69 Å². The summed E-state index contributed by atoms with van der Waals surface area (Å²) in [7, 11) is -1.42. The molecule has 10 nitrogen and oxygen atoms in total. The van der Waals surface area contributed by atoms with Crippen molar-refractivity contribution >= 4 is 26.7 Å². The van der Waals surface area contributed by atoms with E-state index < -0.39 is 22.7 Å². The number of sulfonamides is 1. The van der Waals surface area contributed by atoms with Crippen LogP contribution in [-0.2, 0) is 16.6 Å². The fourth-order valence-corrected chi connectivity index (χ4v) is 4.84. The zero-order valence-corrected chi connectivity index (χ0v) is 17.9. The predicted molar refractivity (Wildman–Crippen MR) is 113 cm³/mol. The van der Waals surface area contributed by atoms with Crippen LogP contribution >= 0.6 is 0 Å². The van der Waals surface area contributed by atoms with E-state index in [2.05, 4.69) is 9.71 Å². The zero-order chi connectivity index (χ0) is 22.9. The lowest BCUT2D eigenvalue weighted by molar-refractivity contribution is 0.182. The average molecular weight is 460 g/mol. The molecule has 0 spiro atoms. The second-order valence-electron chi connectivity index (χ2n) is 6.73.